The number of benzene rings is 1. The van der Waals surface area contributed by atoms with Crippen molar-refractivity contribution in [1.29, 1.82) is 0 Å². The van der Waals surface area contributed by atoms with Crippen molar-refractivity contribution < 1.29 is 19.4 Å². The molecule has 0 saturated carbocycles. The van der Waals surface area contributed by atoms with E-state index >= 15 is 0 Å². The van der Waals surface area contributed by atoms with Gasteiger partial charge in [-0.25, -0.2) is 0 Å². The van der Waals surface area contributed by atoms with E-state index in [4.69, 9.17) is 4.74 Å². The smallest absolute Gasteiger partial charge is 0.303 e. The topological polar surface area (TPSA) is 137 Å². The number of hydrogen-bond acceptors (Lipinski definition) is 8. The summed E-state index contributed by atoms with van der Waals surface area (Å²) in [6, 6.07) is 3.31. The molecular weight excluding hydrogens is 368 g/mol. The maximum absolute atomic E-state index is 11.3. The Morgan fingerprint density at radius 1 is 1.29 bits per heavy atom. The quantitative estimate of drug-likeness (QED) is 0.441. The fraction of sp³-hybridized carbons (Fsp3) is 0.444. The van der Waals surface area contributed by atoms with Gasteiger partial charge in [0.25, 0.3) is 5.69 Å². The Hall–Kier alpha value is -3.30. The van der Waals surface area contributed by atoms with Crippen molar-refractivity contribution >= 4 is 28.7 Å². The van der Waals surface area contributed by atoms with Crippen molar-refractivity contribution in [2.45, 2.75) is 46.1 Å². The van der Waals surface area contributed by atoms with Crippen molar-refractivity contribution in [2.24, 2.45) is 11.0 Å². The van der Waals surface area contributed by atoms with Gasteiger partial charge in [0.2, 0.25) is 0 Å². The molecule has 1 unspecified atom stereocenters. The standard InChI is InChI=1S/C18H22N4O6/c1-11-5-6-13(18(3,4)28-12(2)23)9-16(11)20-19-15-8-7-14(21(24)25)10-17(15)22(26)27/h5,7-8,10,13,19H,6,9H2,1-4H3/b20-16+. The summed E-state index contributed by atoms with van der Waals surface area (Å²) in [6.07, 6.45) is 3.20. The van der Waals surface area contributed by atoms with E-state index in [9.17, 15) is 25.0 Å². The Morgan fingerprint density at radius 3 is 2.54 bits per heavy atom. The first-order valence-corrected chi connectivity index (χ1v) is 8.63. The van der Waals surface area contributed by atoms with E-state index < -0.39 is 21.1 Å². The number of anilines is 1. The van der Waals surface area contributed by atoms with Crippen LogP contribution in [0.15, 0.2) is 34.9 Å². The molecule has 0 fully saturated rings. The zero-order valence-electron chi connectivity index (χ0n) is 16.1. The highest BCUT2D eigenvalue weighted by Crippen LogP contribution is 2.34. The molecule has 0 heterocycles. The first-order valence-electron chi connectivity index (χ1n) is 8.63. The first-order chi connectivity index (χ1) is 13.0. The lowest BCUT2D eigenvalue weighted by molar-refractivity contribution is -0.393. The van der Waals surface area contributed by atoms with Crippen LogP contribution in [-0.4, -0.2) is 27.1 Å². The van der Waals surface area contributed by atoms with E-state index in [1.807, 2.05) is 26.8 Å². The molecule has 1 N–H and O–H groups in total. The molecule has 1 aromatic carbocycles. The maximum Gasteiger partial charge on any atom is 0.303 e. The molecule has 0 aliphatic heterocycles. The van der Waals surface area contributed by atoms with E-state index in [2.05, 4.69) is 10.5 Å². The van der Waals surface area contributed by atoms with Crippen LogP contribution in [0.5, 0.6) is 0 Å². The van der Waals surface area contributed by atoms with Gasteiger partial charge < -0.3 is 4.74 Å². The number of rotatable bonds is 6. The Morgan fingerprint density at radius 2 is 1.96 bits per heavy atom. The van der Waals surface area contributed by atoms with Crippen LogP contribution in [0.2, 0.25) is 0 Å². The third-order valence-electron chi connectivity index (χ3n) is 4.69. The van der Waals surface area contributed by atoms with Crippen molar-refractivity contribution in [1.82, 2.24) is 0 Å². The summed E-state index contributed by atoms with van der Waals surface area (Å²) in [5, 5.41) is 26.3. The van der Waals surface area contributed by atoms with Gasteiger partial charge in [-0.15, -0.1) is 0 Å². The van der Waals surface area contributed by atoms with Gasteiger partial charge in [-0.1, -0.05) is 6.08 Å². The summed E-state index contributed by atoms with van der Waals surface area (Å²) >= 11 is 0. The molecule has 28 heavy (non-hydrogen) atoms. The van der Waals surface area contributed by atoms with Crippen molar-refractivity contribution in [3.8, 4) is 0 Å². The number of hydrazone groups is 1. The molecule has 1 aliphatic carbocycles. The molecule has 2 rings (SSSR count). The monoisotopic (exact) mass is 390 g/mol. The van der Waals surface area contributed by atoms with Gasteiger partial charge in [0.1, 0.15) is 11.3 Å². The number of carbonyl (C=O) groups is 1. The minimum atomic E-state index is -0.703. The summed E-state index contributed by atoms with van der Waals surface area (Å²) in [6.45, 7) is 6.90. The third kappa shape index (κ3) is 4.90. The summed E-state index contributed by atoms with van der Waals surface area (Å²) in [4.78, 5) is 32.0. The number of hydrogen-bond donors (Lipinski definition) is 1. The van der Waals surface area contributed by atoms with E-state index in [0.717, 1.165) is 11.6 Å². The van der Waals surface area contributed by atoms with Gasteiger partial charge in [0.05, 0.1) is 21.6 Å². The van der Waals surface area contributed by atoms with Crippen molar-refractivity contribution in [3.05, 3.63) is 50.1 Å². The summed E-state index contributed by atoms with van der Waals surface area (Å²) < 4.78 is 5.41. The molecule has 0 radical (unpaired) electrons. The molecule has 1 aliphatic rings. The Labute approximate surface area is 161 Å². The van der Waals surface area contributed by atoms with Gasteiger partial charge in [-0.3, -0.25) is 30.4 Å². The van der Waals surface area contributed by atoms with E-state index in [1.165, 1.54) is 19.1 Å². The normalized spacial score (nSPS) is 18.4. The predicted molar refractivity (Wildman–Crippen MR) is 103 cm³/mol. The number of non-ortho nitro benzene ring substituents is 1. The number of allylic oxidation sites excluding steroid dienone is 2. The van der Waals surface area contributed by atoms with Gasteiger partial charge in [-0.05, 0) is 45.3 Å². The Kier molecular flexibility index (Phi) is 6.12. The van der Waals surface area contributed by atoms with Gasteiger partial charge >= 0.3 is 11.7 Å². The molecule has 10 nitrogen and oxygen atoms in total. The molecule has 0 amide bonds. The predicted octanol–water partition coefficient (Wildman–Crippen LogP) is 3.97. The molecule has 0 spiro atoms. The highest BCUT2D eigenvalue weighted by Gasteiger charge is 2.35. The number of nitro benzene ring substituents is 2. The van der Waals surface area contributed by atoms with Gasteiger partial charge in [0, 0.05) is 18.9 Å². The van der Waals surface area contributed by atoms with Crippen LogP contribution in [0.3, 0.4) is 0 Å². The molecule has 1 aromatic rings. The molecule has 10 heteroatoms. The number of nitrogens with one attached hydrogen (secondary N) is 1. The molecule has 0 saturated heterocycles. The average molecular weight is 390 g/mol. The fourth-order valence-corrected chi connectivity index (χ4v) is 3.04. The lowest BCUT2D eigenvalue weighted by Crippen LogP contribution is -2.38. The van der Waals surface area contributed by atoms with Crippen LogP contribution < -0.4 is 5.43 Å². The fourth-order valence-electron chi connectivity index (χ4n) is 3.04. The zero-order chi connectivity index (χ0) is 21.1. The summed E-state index contributed by atoms with van der Waals surface area (Å²) in [7, 11) is 0. The van der Waals surface area contributed by atoms with E-state index in [1.54, 1.807) is 0 Å². The van der Waals surface area contributed by atoms with E-state index in [0.29, 0.717) is 18.6 Å². The molecule has 0 bridgehead atoms. The van der Waals surface area contributed by atoms with Crippen LogP contribution in [0.4, 0.5) is 17.1 Å². The second kappa shape index (κ2) is 8.15. The zero-order valence-corrected chi connectivity index (χ0v) is 16.1. The minimum absolute atomic E-state index is 0.00695. The number of nitro groups is 2. The SMILES string of the molecule is CC(=O)OC(C)(C)C1CC=C(C)/C(=N/Nc2ccc([N+](=O)[O-])cc2[N+](=O)[O-])C1. The largest absolute Gasteiger partial charge is 0.460 e. The molecular formula is C18H22N4O6. The number of esters is 1. The second-order valence-electron chi connectivity index (χ2n) is 7.11. The summed E-state index contributed by atoms with van der Waals surface area (Å²) in [5.74, 6) is -0.373. The Bertz CT molecular complexity index is 875. The second-order valence-corrected chi connectivity index (χ2v) is 7.11. The van der Waals surface area contributed by atoms with Crippen LogP contribution in [0.1, 0.15) is 40.5 Å². The number of carbonyl (C=O) groups excluding carboxylic acids is 1. The third-order valence-corrected chi connectivity index (χ3v) is 4.69. The van der Waals surface area contributed by atoms with Crippen LogP contribution >= 0.6 is 0 Å². The number of ether oxygens (including phenoxy) is 1. The maximum atomic E-state index is 11.3. The molecule has 1 atom stereocenters. The average Bonchev–Trinajstić information content (AvgIpc) is 2.59. The van der Waals surface area contributed by atoms with Crippen LogP contribution in [-0.2, 0) is 9.53 Å². The minimum Gasteiger partial charge on any atom is -0.460 e. The van der Waals surface area contributed by atoms with Crippen molar-refractivity contribution in [3.63, 3.8) is 0 Å². The van der Waals surface area contributed by atoms with Gasteiger partial charge in [-0.2, -0.15) is 5.10 Å². The highest BCUT2D eigenvalue weighted by atomic mass is 16.6. The van der Waals surface area contributed by atoms with E-state index in [-0.39, 0.29) is 23.3 Å². The number of nitrogens with zero attached hydrogens (tertiary/aromatic N) is 3. The first kappa shape index (κ1) is 21.0. The lowest BCUT2D eigenvalue weighted by Gasteiger charge is -2.35. The molecule has 150 valence electrons. The van der Waals surface area contributed by atoms with Crippen molar-refractivity contribution in [2.75, 3.05) is 5.43 Å². The lowest BCUT2D eigenvalue weighted by atomic mass is 9.78. The Balaban J connectivity index is 2.27. The highest BCUT2D eigenvalue weighted by molar-refractivity contribution is 6.01. The van der Waals surface area contributed by atoms with Crippen LogP contribution in [0, 0.1) is 26.1 Å². The van der Waals surface area contributed by atoms with Gasteiger partial charge in [0.15, 0.2) is 0 Å². The van der Waals surface area contributed by atoms with Crippen LogP contribution in [0.25, 0.3) is 0 Å². The summed E-state index contributed by atoms with van der Waals surface area (Å²) in [5.41, 5.74) is 2.78. The molecule has 0 aromatic heterocycles.